The molecule has 0 aliphatic carbocycles. The van der Waals surface area contributed by atoms with Gasteiger partial charge in [0.15, 0.2) is 0 Å². The van der Waals surface area contributed by atoms with Crippen molar-refractivity contribution in [2.45, 2.75) is 31.9 Å². The smallest absolute Gasteiger partial charge is 0.119 e. The van der Waals surface area contributed by atoms with E-state index in [-0.39, 0.29) is 11.5 Å². The molecule has 2 bridgehead atoms. The fraction of sp³-hybridized carbons (Fsp3) is 0.476. The molecular formula is C21H26N2O2. The third-order valence-corrected chi connectivity index (χ3v) is 6.37. The molecule has 5 unspecified atom stereocenters. The van der Waals surface area contributed by atoms with Gasteiger partial charge < -0.3 is 9.84 Å². The van der Waals surface area contributed by atoms with Crippen LogP contribution in [0.25, 0.3) is 10.9 Å². The molecule has 5 atom stereocenters. The minimum absolute atomic E-state index is 0.156. The molecule has 3 fully saturated rings. The first-order valence-corrected chi connectivity index (χ1v) is 9.04. The topological polar surface area (TPSA) is 45.6 Å². The van der Waals surface area contributed by atoms with Gasteiger partial charge in [0.25, 0.3) is 0 Å². The molecule has 0 amide bonds. The average molecular weight is 338 g/mol. The number of aliphatic hydroxyl groups is 1. The highest BCUT2D eigenvalue weighted by Crippen LogP contribution is 2.48. The van der Waals surface area contributed by atoms with Crippen molar-refractivity contribution in [2.24, 2.45) is 11.3 Å². The van der Waals surface area contributed by atoms with E-state index in [2.05, 4.69) is 29.5 Å². The molecule has 5 rings (SSSR count). The van der Waals surface area contributed by atoms with E-state index in [9.17, 15) is 5.11 Å². The third kappa shape index (κ3) is 2.64. The molecule has 132 valence electrons. The van der Waals surface area contributed by atoms with E-state index in [0.717, 1.165) is 41.7 Å². The summed E-state index contributed by atoms with van der Waals surface area (Å²) in [5.41, 5.74) is 2.00. The zero-order chi connectivity index (χ0) is 17.6. The highest BCUT2D eigenvalue weighted by atomic mass is 16.5. The Morgan fingerprint density at radius 2 is 2.28 bits per heavy atom. The first kappa shape index (κ1) is 16.6. The number of ether oxygens (including phenoxy) is 1. The van der Waals surface area contributed by atoms with Gasteiger partial charge in [-0.15, -0.1) is 6.58 Å². The van der Waals surface area contributed by atoms with Crippen molar-refractivity contribution in [1.82, 2.24) is 9.88 Å². The second-order valence-corrected chi connectivity index (χ2v) is 7.70. The Balaban J connectivity index is 1.69. The van der Waals surface area contributed by atoms with Gasteiger partial charge in [-0.2, -0.15) is 0 Å². The van der Waals surface area contributed by atoms with Crippen LogP contribution in [0.4, 0.5) is 0 Å². The van der Waals surface area contributed by atoms with Crippen LogP contribution in [0.1, 0.15) is 31.4 Å². The number of benzene rings is 1. The monoisotopic (exact) mass is 338 g/mol. The second-order valence-electron chi connectivity index (χ2n) is 7.70. The number of rotatable bonds is 4. The quantitative estimate of drug-likeness (QED) is 0.866. The van der Waals surface area contributed by atoms with Gasteiger partial charge in [-0.05, 0) is 55.1 Å². The lowest BCUT2D eigenvalue weighted by atomic mass is 9.65. The van der Waals surface area contributed by atoms with Crippen molar-refractivity contribution in [1.29, 1.82) is 0 Å². The number of piperidine rings is 3. The highest BCUT2D eigenvalue weighted by Gasteiger charge is 2.47. The number of hydrogen-bond donors (Lipinski definition) is 1. The Hall–Kier alpha value is -1.91. The molecule has 3 aliphatic rings. The van der Waals surface area contributed by atoms with Gasteiger partial charge in [-0.1, -0.05) is 13.0 Å². The lowest BCUT2D eigenvalue weighted by Gasteiger charge is -2.55. The molecule has 1 N–H and O–H groups in total. The molecule has 2 aromatic rings. The van der Waals surface area contributed by atoms with Gasteiger partial charge in [0, 0.05) is 29.6 Å². The van der Waals surface area contributed by atoms with Crippen molar-refractivity contribution in [2.75, 3.05) is 20.2 Å². The van der Waals surface area contributed by atoms with Crippen LogP contribution >= 0.6 is 0 Å². The Labute approximate surface area is 149 Å². The minimum Gasteiger partial charge on any atom is -0.497 e. The van der Waals surface area contributed by atoms with Crippen molar-refractivity contribution < 1.29 is 9.84 Å². The summed E-state index contributed by atoms with van der Waals surface area (Å²) in [6.07, 6.45) is 5.58. The molecule has 25 heavy (non-hydrogen) atoms. The van der Waals surface area contributed by atoms with E-state index in [1.54, 1.807) is 13.3 Å². The number of aliphatic hydroxyl groups excluding tert-OH is 1. The molecule has 0 radical (unpaired) electrons. The van der Waals surface area contributed by atoms with Crippen molar-refractivity contribution in [3.63, 3.8) is 0 Å². The zero-order valence-electron chi connectivity index (χ0n) is 15.0. The van der Waals surface area contributed by atoms with Crippen LogP contribution in [0, 0.1) is 11.3 Å². The Morgan fingerprint density at radius 1 is 1.44 bits per heavy atom. The van der Waals surface area contributed by atoms with E-state index in [0.29, 0.717) is 5.92 Å². The molecule has 0 saturated carbocycles. The fourth-order valence-corrected chi connectivity index (χ4v) is 4.71. The highest BCUT2D eigenvalue weighted by molar-refractivity contribution is 5.83. The van der Waals surface area contributed by atoms with Crippen LogP contribution in [0.5, 0.6) is 5.75 Å². The van der Waals surface area contributed by atoms with Gasteiger partial charge in [0.2, 0.25) is 0 Å². The molecule has 3 aliphatic heterocycles. The summed E-state index contributed by atoms with van der Waals surface area (Å²) in [6.45, 7) is 8.39. The summed E-state index contributed by atoms with van der Waals surface area (Å²) in [4.78, 5) is 6.88. The summed E-state index contributed by atoms with van der Waals surface area (Å²) < 4.78 is 5.36. The molecule has 0 spiro atoms. The van der Waals surface area contributed by atoms with E-state index >= 15 is 0 Å². The first-order valence-electron chi connectivity index (χ1n) is 9.04. The number of nitrogens with zero attached hydrogens (tertiary/aromatic N) is 2. The molecule has 1 aromatic carbocycles. The van der Waals surface area contributed by atoms with Crippen LogP contribution in [0.15, 0.2) is 43.1 Å². The largest absolute Gasteiger partial charge is 0.497 e. The first-order chi connectivity index (χ1) is 12.1. The molecule has 4 nitrogen and oxygen atoms in total. The normalized spacial score (nSPS) is 32.5. The maximum Gasteiger partial charge on any atom is 0.119 e. The lowest BCUT2D eigenvalue weighted by molar-refractivity contribution is -0.0759. The van der Waals surface area contributed by atoms with Crippen LogP contribution in [0.3, 0.4) is 0 Å². The SMILES string of the molecule is C=CC1(C)CN2CCC1CC2C(O)c1ccnc2ccc(OC)cc12. The number of fused-ring (bicyclic) bond motifs is 4. The van der Waals surface area contributed by atoms with Crippen LogP contribution in [-0.2, 0) is 0 Å². The maximum atomic E-state index is 11.2. The van der Waals surface area contributed by atoms with Crippen LogP contribution < -0.4 is 4.74 Å². The number of methoxy groups -OCH3 is 1. The predicted octanol–water partition coefficient (Wildman–Crippen LogP) is 3.56. The summed E-state index contributed by atoms with van der Waals surface area (Å²) in [5.74, 6) is 1.39. The van der Waals surface area contributed by atoms with Crippen molar-refractivity contribution in [3.8, 4) is 5.75 Å². The molecule has 1 aromatic heterocycles. The second kappa shape index (κ2) is 6.11. The van der Waals surface area contributed by atoms with E-state index in [1.807, 2.05) is 24.3 Å². The van der Waals surface area contributed by atoms with Crippen molar-refractivity contribution >= 4 is 10.9 Å². The third-order valence-electron chi connectivity index (χ3n) is 6.37. The van der Waals surface area contributed by atoms with Gasteiger partial charge >= 0.3 is 0 Å². The lowest BCUT2D eigenvalue weighted by Crippen LogP contribution is -2.58. The van der Waals surface area contributed by atoms with Gasteiger partial charge in [-0.25, -0.2) is 0 Å². The molecule has 4 heterocycles. The summed E-state index contributed by atoms with van der Waals surface area (Å²) >= 11 is 0. The molecule has 3 saturated heterocycles. The fourth-order valence-electron chi connectivity index (χ4n) is 4.71. The molecular weight excluding hydrogens is 312 g/mol. The standard InChI is InChI=1S/C21H26N2O2/c1-4-21(2)13-23-10-8-14(21)11-19(23)20(24)16-7-9-22-18-6-5-15(25-3)12-17(16)18/h4-7,9,12,14,19-20,24H,1,8,10-11,13H2,2-3H3. The average Bonchev–Trinajstić information content (AvgIpc) is 2.66. The van der Waals surface area contributed by atoms with Crippen molar-refractivity contribution in [3.05, 3.63) is 48.7 Å². The van der Waals surface area contributed by atoms with E-state index in [4.69, 9.17) is 4.74 Å². The summed E-state index contributed by atoms with van der Waals surface area (Å²) in [6, 6.07) is 7.94. The summed E-state index contributed by atoms with van der Waals surface area (Å²) in [7, 11) is 1.66. The van der Waals surface area contributed by atoms with E-state index < -0.39 is 6.10 Å². The van der Waals surface area contributed by atoms with Crippen LogP contribution in [-0.4, -0.2) is 41.2 Å². The van der Waals surface area contributed by atoms with Gasteiger partial charge in [-0.3, -0.25) is 9.88 Å². The predicted molar refractivity (Wildman–Crippen MR) is 99.6 cm³/mol. The number of aromatic nitrogens is 1. The van der Waals surface area contributed by atoms with Gasteiger partial charge in [0.05, 0.1) is 18.7 Å². The van der Waals surface area contributed by atoms with Gasteiger partial charge in [0.1, 0.15) is 5.75 Å². The Kier molecular flexibility index (Phi) is 4.05. The number of hydrogen-bond acceptors (Lipinski definition) is 4. The number of pyridine rings is 1. The maximum absolute atomic E-state index is 11.2. The zero-order valence-corrected chi connectivity index (χ0v) is 15.0. The Morgan fingerprint density at radius 3 is 2.96 bits per heavy atom. The Bertz CT molecular complexity index is 806. The summed E-state index contributed by atoms with van der Waals surface area (Å²) in [5, 5.41) is 12.2. The molecule has 4 heteroatoms. The van der Waals surface area contributed by atoms with E-state index in [1.165, 1.54) is 6.42 Å². The van der Waals surface area contributed by atoms with Crippen LogP contribution in [0.2, 0.25) is 0 Å². The minimum atomic E-state index is -0.519.